The summed E-state index contributed by atoms with van der Waals surface area (Å²) >= 11 is 0. The number of ether oxygens (including phenoxy) is 2. The summed E-state index contributed by atoms with van der Waals surface area (Å²) in [6.45, 7) is -0.774. The largest absolute Gasteiger partial charge is 0.507 e. The fourth-order valence-corrected chi connectivity index (χ4v) is 3.55. The molecule has 4 rings (SSSR count). The molecule has 13 heteroatoms. The summed E-state index contributed by atoms with van der Waals surface area (Å²) in [5.41, 5.74) is -1.85. The third kappa shape index (κ3) is 3.70. The molecule has 0 spiro atoms. The minimum atomic E-state index is -1.91. The molecule has 0 amide bonds. The lowest BCUT2D eigenvalue weighted by Crippen LogP contribution is -2.60. The maximum atomic E-state index is 13.3. The number of hydrogen-bond acceptors (Lipinski definition) is 13. The number of aliphatic hydroxyl groups is 4. The molecule has 0 radical (unpaired) electrons. The number of aromatic hydroxyl groups is 5. The Balaban J connectivity index is 1.95. The van der Waals surface area contributed by atoms with Gasteiger partial charge in [0.25, 0.3) is 0 Å². The molecule has 182 valence electrons. The van der Waals surface area contributed by atoms with Gasteiger partial charge in [-0.3, -0.25) is 4.79 Å². The quantitative estimate of drug-likeness (QED) is 0.164. The van der Waals surface area contributed by atoms with Crippen LogP contribution in [-0.4, -0.2) is 83.3 Å². The lowest BCUT2D eigenvalue weighted by atomic mass is 9.99. The molecule has 1 aliphatic heterocycles. The van der Waals surface area contributed by atoms with Crippen molar-refractivity contribution >= 4 is 11.0 Å². The zero-order chi connectivity index (χ0) is 24.9. The third-order valence-electron chi connectivity index (χ3n) is 5.38. The Morgan fingerprint density at radius 2 is 1.56 bits per heavy atom. The van der Waals surface area contributed by atoms with Crippen LogP contribution in [0.4, 0.5) is 0 Å². The molecule has 13 nitrogen and oxygen atoms in total. The SMILES string of the molecule is O=c1c(O[C@@H]2O[C@H](CO)[C@@H](O)[C@H](O)[C@@H]2O)c(-c2ccc(O)c(O)c2)oc2c(O)c(O)cc(O)c12. The summed E-state index contributed by atoms with van der Waals surface area (Å²) in [6.07, 6.45) is -8.64. The third-order valence-corrected chi connectivity index (χ3v) is 5.38. The average molecular weight is 480 g/mol. The van der Waals surface area contributed by atoms with Crippen LogP contribution in [0.2, 0.25) is 0 Å². The van der Waals surface area contributed by atoms with Crippen LogP contribution in [-0.2, 0) is 4.74 Å². The average Bonchev–Trinajstić information content (AvgIpc) is 2.80. The Hall–Kier alpha value is -3.75. The number of aliphatic hydroxyl groups excluding tert-OH is 4. The summed E-state index contributed by atoms with van der Waals surface area (Å²) in [7, 11) is 0. The van der Waals surface area contributed by atoms with Gasteiger partial charge in [0.2, 0.25) is 23.2 Å². The molecule has 34 heavy (non-hydrogen) atoms. The van der Waals surface area contributed by atoms with Gasteiger partial charge < -0.3 is 59.8 Å². The fraction of sp³-hybridized carbons (Fsp3) is 0.286. The predicted molar refractivity (Wildman–Crippen MR) is 111 cm³/mol. The van der Waals surface area contributed by atoms with Crippen LogP contribution in [0.5, 0.6) is 34.5 Å². The highest BCUT2D eigenvalue weighted by molar-refractivity contribution is 5.93. The summed E-state index contributed by atoms with van der Waals surface area (Å²) in [6, 6.07) is 3.89. The number of hydrogen-bond donors (Lipinski definition) is 9. The van der Waals surface area contributed by atoms with E-state index < -0.39 is 94.0 Å². The molecule has 0 unspecified atom stereocenters. The van der Waals surface area contributed by atoms with Crippen LogP contribution < -0.4 is 10.2 Å². The van der Waals surface area contributed by atoms with Crippen LogP contribution in [0.3, 0.4) is 0 Å². The number of phenols is 5. The highest BCUT2D eigenvalue weighted by Crippen LogP contribution is 2.43. The molecule has 3 aromatic rings. The molecule has 1 fully saturated rings. The minimum absolute atomic E-state index is 0.0869. The van der Waals surface area contributed by atoms with E-state index in [1.807, 2.05) is 0 Å². The van der Waals surface area contributed by atoms with E-state index in [9.17, 15) is 50.8 Å². The molecule has 1 aromatic heterocycles. The van der Waals surface area contributed by atoms with Gasteiger partial charge in [-0.25, -0.2) is 0 Å². The first-order chi connectivity index (χ1) is 16.0. The first-order valence-electron chi connectivity index (χ1n) is 9.79. The molecule has 0 bridgehead atoms. The van der Waals surface area contributed by atoms with Gasteiger partial charge in [-0.05, 0) is 18.2 Å². The van der Waals surface area contributed by atoms with Crippen LogP contribution in [0.25, 0.3) is 22.3 Å². The maximum Gasteiger partial charge on any atom is 0.239 e. The summed E-state index contributed by atoms with van der Waals surface area (Å²) in [5, 5.41) is 88.7. The van der Waals surface area contributed by atoms with Crippen molar-refractivity contribution in [2.75, 3.05) is 6.61 Å². The molecule has 2 heterocycles. The van der Waals surface area contributed by atoms with E-state index in [-0.39, 0.29) is 5.56 Å². The van der Waals surface area contributed by atoms with Crippen LogP contribution in [0.1, 0.15) is 0 Å². The molecular weight excluding hydrogens is 460 g/mol. The van der Waals surface area contributed by atoms with E-state index in [0.29, 0.717) is 6.07 Å². The monoisotopic (exact) mass is 480 g/mol. The fourth-order valence-electron chi connectivity index (χ4n) is 3.55. The van der Waals surface area contributed by atoms with Gasteiger partial charge in [0.1, 0.15) is 35.6 Å². The first kappa shape index (κ1) is 23.4. The standard InChI is InChI=1S/C21H20O13/c22-5-11-14(28)16(30)17(31)21(32-11)34-20-15(29)12-9(25)4-10(26)13(27)19(12)33-18(20)6-1-2-7(23)8(24)3-6/h1-4,11,14,16-17,21-28,30-31H,5H2/t11-,14-,16+,17+,21+/m1/s1. The Labute approximate surface area is 189 Å². The topological polar surface area (TPSA) is 231 Å². The van der Waals surface area contributed by atoms with Crippen molar-refractivity contribution in [2.45, 2.75) is 30.7 Å². The Morgan fingerprint density at radius 3 is 2.21 bits per heavy atom. The van der Waals surface area contributed by atoms with E-state index >= 15 is 0 Å². The smallest absolute Gasteiger partial charge is 0.239 e. The normalized spacial score (nSPS) is 24.9. The zero-order valence-electron chi connectivity index (χ0n) is 17.1. The van der Waals surface area contributed by atoms with E-state index in [1.165, 1.54) is 6.07 Å². The second-order valence-corrected chi connectivity index (χ2v) is 7.58. The van der Waals surface area contributed by atoms with Gasteiger partial charge in [0.15, 0.2) is 28.6 Å². The molecule has 2 aromatic carbocycles. The van der Waals surface area contributed by atoms with Crippen molar-refractivity contribution in [3.8, 4) is 45.8 Å². The Morgan fingerprint density at radius 1 is 0.853 bits per heavy atom. The van der Waals surface area contributed by atoms with Crippen molar-refractivity contribution in [2.24, 2.45) is 0 Å². The van der Waals surface area contributed by atoms with Crippen LogP contribution >= 0.6 is 0 Å². The van der Waals surface area contributed by atoms with Crippen molar-refractivity contribution in [1.82, 2.24) is 0 Å². The van der Waals surface area contributed by atoms with Gasteiger partial charge in [-0.15, -0.1) is 0 Å². The first-order valence-corrected chi connectivity index (χ1v) is 9.79. The molecule has 0 aliphatic carbocycles. The summed E-state index contributed by atoms with van der Waals surface area (Å²) in [5.74, 6) is -4.86. The number of rotatable bonds is 4. The van der Waals surface area contributed by atoms with Gasteiger partial charge in [0.05, 0.1) is 6.61 Å². The van der Waals surface area contributed by atoms with Gasteiger partial charge in [-0.1, -0.05) is 0 Å². The minimum Gasteiger partial charge on any atom is -0.507 e. The van der Waals surface area contributed by atoms with E-state index in [4.69, 9.17) is 13.9 Å². The highest BCUT2D eigenvalue weighted by Gasteiger charge is 2.45. The number of fused-ring (bicyclic) bond motifs is 1. The van der Waals surface area contributed by atoms with E-state index in [2.05, 4.69) is 0 Å². The van der Waals surface area contributed by atoms with Gasteiger partial charge in [0, 0.05) is 11.6 Å². The van der Waals surface area contributed by atoms with E-state index in [1.54, 1.807) is 0 Å². The molecule has 5 atom stereocenters. The van der Waals surface area contributed by atoms with Gasteiger partial charge in [-0.2, -0.15) is 0 Å². The molecule has 0 saturated carbocycles. The van der Waals surface area contributed by atoms with Crippen LogP contribution in [0, 0.1) is 0 Å². The summed E-state index contributed by atoms with van der Waals surface area (Å²) in [4.78, 5) is 13.3. The van der Waals surface area contributed by atoms with Gasteiger partial charge >= 0.3 is 0 Å². The molecule has 1 aliphatic rings. The zero-order valence-corrected chi connectivity index (χ0v) is 17.1. The van der Waals surface area contributed by atoms with Crippen molar-refractivity contribution in [3.05, 3.63) is 34.5 Å². The van der Waals surface area contributed by atoms with Crippen molar-refractivity contribution in [3.63, 3.8) is 0 Å². The second-order valence-electron chi connectivity index (χ2n) is 7.58. The van der Waals surface area contributed by atoms with Crippen molar-refractivity contribution < 1.29 is 59.8 Å². The Bertz CT molecular complexity index is 1300. The lowest BCUT2D eigenvalue weighted by Gasteiger charge is -2.39. The molecular formula is C21H20O13. The number of benzene rings is 2. The highest BCUT2D eigenvalue weighted by atomic mass is 16.7. The van der Waals surface area contributed by atoms with E-state index in [0.717, 1.165) is 12.1 Å². The number of phenolic OH excluding ortho intramolecular Hbond substituents is 5. The van der Waals surface area contributed by atoms with Crippen molar-refractivity contribution in [1.29, 1.82) is 0 Å². The molecule has 1 saturated heterocycles. The second kappa shape index (κ2) is 8.55. The molecule has 9 N–H and O–H groups in total. The lowest BCUT2D eigenvalue weighted by molar-refractivity contribution is -0.277. The predicted octanol–water partition coefficient (Wildman–Crippen LogP) is -0.833. The summed E-state index contributed by atoms with van der Waals surface area (Å²) < 4.78 is 16.3. The Kier molecular flexibility index (Phi) is 5.89. The van der Waals surface area contributed by atoms with Crippen LogP contribution in [0.15, 0.2) is 33.5 Å². The maximum absolute atomic E-state index is 13.3.